The Balaban J connectivity index is 1.23. The van der Waals surface area contributed by atoms with Crippen LogP contribution >= 0.6 is 34.8 Å². The number of H-pyrrole nitrogens is 1. The number of benzene rings is 3. The van der Waals surface area contributed by atoms with Crippen molar-refractivity contribution in [1.82, 2.24) is 29.7 Å². The van der Waals surface area contributed by atoms with E-state index in [-0.39, 0.29) is 11.9 Å². The molecule has 2 fully saturated rings. The predicted molar refractivity (Wildman–Crippen MR) is 226 cm³/mol. The summed E-state index contributed by atoms with van der Waals surface area (Å²) in [5, 5.41) is 8.23. The zero-order valence-electron chi connectivity index (χ0n) is 31.3. The van der Waals surface area contributed by atoms with Gasteiger partial charge in [-0.3, -0.25) is 14.5 Å². The third-order valence-electron chi connectivity index (χ3n) is 11.2. The molecule has 2 amide bonds. The van der Waals surface area contributed by atoms with Gasteiger partial charge in [-0.2, -0.15) is 0 Å². The Hall–Kier alpha value is -4.87. The third kappa shape index (κ3) is 7.51. The maximum atomic E-state index is 14.9. The van der Waals surface area contributed by atoms with Crippen LogP contribution in [0.1, 0.15) is 71.5 Å². The number of halogens is 3. The van der Waals surface area contributed by atoms with E-state index in [0.29, 0.717) is 66.3 Å². The smallest absolute Gasteiger partial charge is 0.272 e. The molecular formula is C43H43Cl3N8O2. The van der Waals surface area contributed by atoms with Gasteiger partial charge in [0.2, 0.25) is 0 Å². The molecule has 6 aromatic rings. The van der Waals surface area contributed by atoms with Crippen molar-refractivity contribution in [3.63, 3.8) is 0 Å². The van der Waals surface area contributed by atoms with Crippen LogP contribution in [0.15, 0.2) is 85.3 Å². The molecule has 1 saturated heterocycles. The third-order valence-corrected chi connectivity index (χ3v) is 12.0. The first kappa shape index (κ1) is 38.0. The van der Waals surface area contributed by atoms with Gasteiger partial charge >= 0.3 is 0 Å². The minimum atomic E-state index is -0.408. The molecule has 1 atom stereocenters. The van der Waals surface area contributed by atoms with Gasteiger partial charge in [-0.25, -0.2) is 9.97 Å². The van der Waals surface area contributed by atoms with Crippen LogP contribution in [0.5, 0.6) is 0 Å². The van der Waals surface area contributed by atoms with Crippen LogP contribution in [0, 0.1) is 0 Å². The molecule has 1 aliphatic heterocycles. The van der Waals surface area contributed by atoms with E-state index >= 15 is 0 Å². The van der Waals surface area contributed by atoms with Crippen molar-refractivity contribution >= 4 is 69.0 Å². The number of pyridine rings is 1. The zero-order valence-corrected chi connectivity index (χ0v) is 33.6. The van der Waals surface area contributed by atoms with E-state index in [1.165, 1.54) is 32.1 Å². The Morgan fingerprint density at radius 3 is 2.32 bits per heavy atom. The number of imidazole rings is 1. The van der Waals surface area contributed by atoms with Crippen LogP contribution in [0.2, 0.25) is 15.1 Å². The maximum absolute atomic E-state index is 14.9. The van der Waals surface area contributed by atoms with Crippen molar-refractivity contribution in [3.05, 3.63) is 117 Å². The Kier molecular flexibility index (Phi) is 11.1. The SMILES string of the molecule is CNC(=O)c1cnc(N2CCN(C3CCCCC3)CC2)c(NC(=O)c2[nH]c3cc(Cl)ccc3c2-c2c(-c3ccccc3)ncn2[C@@H](C)c2ccc(Cl)cc2Cl)c1. The van der Waals surface area contributed by atoms with E-state index in [9.17, 15) is 9.59 Å². The molecule has 3 aromatic carbocycles. The number of aromatic amines is 1. The first-order valence-electron chi connectivity index (χ1n) is 19.1. The van der Waals surface area contributed by atoms with Gasteiger partial charge in [0.1, 0.15) is 5.69 Å². The molecule has 10 nitrogen and oxygen atoms in total. The van der Waals surface area contributed by atoms with Crippen molar-refractivity contribution in [2.75, 3.05) is 43.4 Å². The molecule has 2 aliphatic rings. The van der Waals surface area contributed by atoms with Crippen molar-refractivity contribution < 1.29 is 9.59 Å². The fourth-order valence-corrected chi connectivity index (χ4v) is 9.02. The van der Waals surface area contributed by atoms with Crippen LogP contribution in [0.25, 0.3) is 33.4 Å². The Bertz CT molecular complexity index is 2400. The highest BCUT2D eigenvalue weighted by Crippen LogP contribution is 2.42. The van der Waals surface area contributed by atoms with Crippen molar-refractivity contribution in [2.24, 2.45) is 0 Å². The highest BCUT2D eigenvalue weighted by atomic mass is 35.5. The van der Waals surface area contributed by atoms with Crippen LogP contribution < -0.4 is 15.5 Å². The van der Waals surface area contributed by atoms with Gasteiger partial charge in [-0.15, -0.1) is 0 Å². The Morgan fingerprint density at radius 2 is 1.59 bits per heavy atom. The number of anilines is 2. The number of hydrogen-bond donors (Lipinski definition) is 3. The molecule has 0 unspecified atom stereocenters. The van der Waals surface area contributed by atoms with E-state index in [4.69, 9.17) is 44.8 Å². The molecule has 0 spiro atoms. The fraction of sp³-hybridized carbons (Fsp3) is 0.302. The second kappa shape index (κ2) is 16.3. The number of hydrogen-bond acceptors (Lipinski definition) is 6. The van der Waals surface area contributed by atoms with E-state index in [1.54, 1.807) is 31.7 Å². The van der Waals surface area contributed by atoms with Gasteiger partial charge in [0.05, 0.1) is 35.0 Å². The van der Waals surface area contributed by atoms with E-state index in [1.807, 2.05) is 72.2 Å². The van der Waals surface area contributed by atoms with E-state index in [0.717, 1.165) is 42.7 Å². The number of nitrogens with zero attached hydrogens (tertiary/aromatic N) is 5. The zero-order chi connectivity index (χ0) is 38.9. The molecule has 0 radical (unpaired) electrons. The molecule has 8 rings (SSSR count). The first-order valence-corrected chi connectivity index (χ1v) is 20.2. The minimum Gasteiger partial charge on any atom is -0.355 e. The fourth-order valence-electron chi connectivity index (χ4n) is 8.29. The van der Waals surface area contributed by atoms with Gasteiger partial charge < -0.3 is 25.1 Å². The van der Waals surface area contributed by atoms with Gasteiger partial charge in [-0.05, 0) is 55.7 Å². The molecule has 3 N–H and O–H groups in total. The Morgan fingerprint density at radius 1 is 0.857 bits per heavy atom. The highest BCUT2D eigenvalue weighted by molar-refractivity contribution is 6.35. The van der Waals surface area contributed by atoms with Crippen LogP contribution in [-0.2, 0) is 0 Å². The maximum Gasteiger partial charge on any atom is 0.272 e. The first-order chi connectivity index (χ1) is 27.2. The largest absolute Gasteiger partial charge is 0.355 e. The van der Waals surface area contributed by atoms with Gasteiger partial charge in [-0.1, -0.05) is 96.5 Å². The quantitative estimate of drug-likeness (QED) is 0.134. The standard InChI is InChI=1S/C43H43Cl3N8O2/c1-26(32-15-13-29(44)22-34(32)46)54-25-49-38(27-9-5-3-6-10-27)40(54)37-33-16-14-30(45)23-35(33)50-39(37)43(56)51-36-21-28(42(55)47-2)24-48-41(36)53-19-17-52(18-20-53)31-11-7-4-8-12-31/h3,5-6,9-10,13-16,21-26,31,50H,4,7-8,11-12,17-20H2,1-2H3,(H,47,55)(H,51,56)/t26-/m0/s1. The van der Waals surface area contributed by atoms with Crippen molar-refractivity contribution in [3.8, 4) is 22.5 Å². The van der Waals surface area contributed by atoms with Crippen molar-refractivity contribution in [1.29, 1.82) is 0 Å². The molecular weight excluding hydrogens is 767 g/mol. The normalized spacial score (nSPS) is 15.9. The highest BCUT2D eigenvalue weighted by Gasteiger charge is 2.31. The number of rotatable bonds is 9. The topological polar surface area (TPSA) is 111 Å². The average Bonchev–Trinajstić information content (AvgIpc) is 3.82. The van der Waals surface area contributed by atoms with Gasteiger partial charge in [0.25, 0.3) is 11.8 Å². The average molecular weight is 810 g/mol. The second-order valence-electron chi connectivity index (χ2n) is 14.6. The number of aromatic nitrogens is 4. The van der Waals surface area contributed by atoms with Crippen LogP contribution in [0.4, 0.5) is 11.5 Å². The second-order valence-corrected chi connectivity index (χ2v) is 15.8. The number of carbonyl (C=O) groups excluding carboxylic acids is 2. The predicted octanol–water partition coefficient (Wildman–Crippen LogP) is 9.73. The molecule has 288 valence electrons. The number of amides is 2. The monoisotopic (exact) mass is 808 g/mol. The lowest BCUT2D eigenvalue weighted by Gasteiger charge is -2.41. The summed E-state index contributed by atoms with van der Waals surface area (Å²) in [6.07, 6.45) is 9.73. The lowest BCUT2D eigenvalue weighted by Crippen LogP contribution is -2.51. The summed E-state index contributed by atoms with van der Waals surface area (Å²) in [5.41, 5.74) is 5.53. The molecule has 0 bridgehead atoms. The van der Waals surface area contributed by atoms with Gasteiger partial charge in [0, 0.05) is 82.6 Å². The number of nitrogens with one attached hydrogen (secondary N) is 3. The number of carbonyl (C=O) groups is 2. The summed E-state index contributed by atoms with van der Waals surface area (Å²) in [4.78, 5) is 45.8. The summed E-state index contributed by atoms with van der Waals surface area (Å²) in [7, 11) is 1.58. The Labute approximate surface area is 341 Å². The van der Waals surface area contributed by atoms with Crippen LogP contribution in [0.3, 0.4) is 0 Å². The van der Waals surface area contributed by atoms with Crippen molar-refractivity contribution in [2.45, 2.75) is 51.1 Å². The summed E-state index contributed by atoms with van der Waals surface area (Å²) < 4.78 is 2.04. The summed E-state index contributed by atoms with van der Waals surface area (Å²) in [6.45, 7) is 5.37. The molecule has 56 heavy (non-hydrogen) atoms. The molecule has 3 aromatic heterocycles. The molecule has 1 aliphatic carbocycles. The van der Waals surface area contributed by atoms with E-state index < -0.39 is 5.91 Å². The number of fused-ring (bicyclic) bond motifs is 1. The molecule has 13 heteroatoms. The summed E-state index contributed by atoms with van der Waals surface area (Å²) >= 11 is 19.6. The van der Waals surface area contributed by atoms with E-state index in [2.05, 4.69) is 25.4 Å². The molecule has 4 heterocycles. The minimum absolute atomic E-state index is 0.297. The lowest BCUT2D eigenvalue weighted by atomic mass is 9.94. The summed E-state index contributed by atoms with van der Waals surface area (Å²) in [6, 6.07) is 22.9. The van der Waals surface area contributed by atoms with Gasteiger partial charge in [0.15, 0.2) is 5.82 Å². The number of piperazine rings is 1. The molecule has 1 saturated carbocycles. The van der Waals surface area contributed by atoms with Crippen LogP contribution in [-0.4, -0.2) is 75.5 Å². The lowest BCUT2D eigenvalue weighted by molar-refractivity contribution is 0.0961. The summed E-state index contributed by atoms with van der Waals surface area (Å²) in [5.74, 6) is -0.0842.